The van der Waals surface area contributed by atoms with E-state index >= 15 is 0 Å². The van der Waals surface area contributed by atoms with E-state index in [-0.39, 0.29) is 60.4 Å². The number of carbonyl (C=O) groups is 5. The highest BCUT2D eigenvalue weighted by molar-refractivity contribution is 5.70. The first-order chi connectivity index (χ1) is 65.9. The summed E-state index contributed by atoms with van der Waals surface area (Å²) in [5, 5.41) is 0. The van der Waals surface area contributed by atoms with E-state index < -0.39 is 0 Å². The van der Waals surface area contributed by atoms with E-state index in [9.17, 15) is 24.0 Å². The van der Waals surface area contributed by atoms with Gasteiger partial charge in [-0.1, -0.05) is 166 Å². The zero-order valence-corrected chi connectivity index (χ0v) is 84.4. The monoisotopic (exact) mass is 1880 g/mol. The number of esters is 5. The zero-order chi connectivity index (χ0) is 99.7. The highest BCUT2D eigenvalue weighted by atomic mass is 16.6. The first-order valence-electron chi connectivity index (χ1n) is 46.8. The number of likely N-dealkylation sites (N-methyl/N-ethyl adjacent to an activating group) is 5. The number of aryl methyl sites for hydroxylation is 10. The van der Waals surface area contributed by atoms with Crippen LogP contribution in [0.25, 0.3) is 0 Å². The van der Waals surface area contributed by atoms with Crippen LogP contribution < -0.4 is 47.4 Å². The molecule has 0 amide bonds. The van der Waals surface area contributed by atoms with Gasteiger partial charge in [-0.2, -0.15) is 0 Å². The van der Waals surface area contributed by atoms with Crippen LogP contribution in [-0.2, 0) is 112 Å². The van der Waals surface area contributed by atoms with Crippen LogP contribution in [0.5, 0.6) is 57.5 Å². The molecule has 0 aromatic heterocycles. The van der Waals surface area contributed by atoms with Crippen molar-refractivity contribution in [2.24, 2.45) is 0 Å². The molecule has 0 heterocycles. The first kappa shape index (κ1) is 113. The van der Waals surface area contributed by atoms with Crippen LogP contribution in [0.2, 0.25) is 0 Å². The van der Waals surface area contributed by atoms with Crippen LogP contribution in [0.3, 0.4) is 0 Å². The molecule has 0 aliphatic heterocycles. The second kappa shape index (κ2) is 64.4. The zero-order valence-electron chi connectivity index (χ0n) is 84.4. The Morgan fingerprint density at radius 2 is 0.387 bits per heavy atom. The summed E-state index contributed by atoms with van der Waals surface area (Å²) in [4.78, 5) is 67.2. The number of hydrogen-bond acceptors (Lipinski definition) is 25. The van der Waals surface area contributed by atoms with Gasteiger partial charge in [0.2, 0.25) is 0 Å². The minimum absolute atomic E-state index is 0.205. The third-order valence-corrected chi connectivity index (χ3v) is 21.2. The molecule has 0 spiro atoms. The summed E-state index contributed by atoms with van der Waals surface area (Å²) in [7, 11) is 27.8. The molecule has 2 unspecified atom stereocenters. The molecule has 0 saturated heterocycles. The molecule has 0 radical (unpaired) electrons. The van der Waals surface area contributed by atoms with E-state index in [1.165, 1.54) is 48.6 Å². The Labute approximate surface area is 814 Å². The Balaban J connectivity index is 0.000000263. The van der Waals surface area contributed by atoms with Crippen molar-refractivity contribution in [1.82, 2.24) is 24.5 Å². The van der Waals surface area contributed by atoms with Gasteiger partial charge < -0.3 is 95.6 Å². The minimum atomic E-state index is -0.299. The van der Waals surface area contributed by atoms with Gasteiger partial charge in [-0.05, 0) is 281 Å². The van der Waals surface area contributed by atoms with Crippen molar-refractivity contribution >= 4 is 29.8 Å². The maximum atomic E-state index is 11.7. The predicted octanol–water partition coefficient (Wildman–Crippen LogP) is 17.5. The molecule has 0 fully saturated rings. The van der Waals surface area contributed by atoms with Crippen molar-refractivity contribution in [2.45, 2.75) is 142 Å². The third-order valence-electron chi connectivity index (χ3n) is 21.2. The lowest BCUT2D eigenvalue weighted by Crippen LogP contribution is -2.35. The van der Waals surface area contributed by atoms with Crippen molar-refractivity contribution in [1.29, 1.82) is 0 Å². The normalized spacial score (nSPS) is 11.9. The van der Waals surface area contributed by atoms with Gasteiger partial charge in [0.1, 0.15) is 121 Å². The van der Waals surface area contributed by atoms with Gasteiger partial charge in [0.25, 0.3) is 0 Å². The Kier molecular flexibility index (Phi) is 53.1. The summed E-state index contributed by atoms with van der Waals surface area (Å²) in [5.41, 5.74) is 11.9. The fourth-order valence-corrected chi connectivity index (χ4v) is 14.4. The van der Waals surface area contributed by atoms with Gasteiger partial charge >= 0.3 is 29.8 Å². The molecule has 25 nitrogen and oxygen atoms in total. The molecule has 10 rings (SSSR count). The average Bonchev–Trinajstić information content (AvgIpc) is 0.878. The van der Waals surface area contributed by atoms with Crippen molar-refractivity contribution in [3.05, 3.63) is 298 Å². The smallest absolute Gasteiger partial charge is 0.305 e. The second-order valence-corrected chi connectivity index (χ2v) is 34.3. The lowest BCUT2D eigenvalue weighted by atomic mass is 10.0. The summed E-state index contributed by atoms with van der Waals surface area (Å²) in [5.74, 6) is 7.20. The van der Waals surface area contributed by atoms with E-state index in [0.29, 0.717) is 78.6 Å². The molecule has 0 saturated carbocycles. The van der Waals surface area contributed by atoms with Gasteiger partial charge in [0.05, 0.1) is 35.5 Å². The van der Waals surface area contributed by atoms with Crippen LogP contribution in [0.15, 0.2) is 243 Å². The summed E-state index contributed by atoms with van der Waals surface area (Å²) in [6, 6.07) is 80.7. The first-order valence-corrected chi connectivity index (χ1v) is 46.8. The maximum Gasteiger partial charge on any atom is 0.305 e. The van der Waals surface area contributed by atoms with E-state index in [2.05, 4.69) is 91.0 Å². The van der Waals surface area contributed by atoms with Crippen molar-refractivity contribution < 1.29 is 95.0 Å². The molecule has 5 atom stereocenters. The molecule has 10 aromatic rings. The number of para-hydroxylation sites is 5. The molecule has 0 bridgehead atoms. The van der Waals surface area contributed by atoms with Crippen LogP contribution in [0.4, 0.5) is 0 Å². The van der Waals surface area contributed by atoms with Gasteiger partial charge in [0.15, 0.2) is 0 Å². The Morgan fingerprint density at radius 3 is 0.533 bits per heavy atom. The molecule has 10 aromatic carbocycles. The second-order valence-electron chi connectivity index (χ2n) is 34.3. The number of benzene rings is 10. The third kappa shape index (κ3) is 47.1. The van der Waals surface area contributed by atoms with Gasteiger partial charge in [-0.15, -0.1) is 0 Å². The van der Waals surface area contributed by atoms with E-state index in [1.807, 2.05) is 247 Å². The van der Waals surface area contributed by atoms with E-state index in [0.717, 1.165) is 150 Å². The van der Waals surface area contributed by atoms with Crippen LogP contribution >= 0.6 is 0 Å². The molecule has 742 valence electrons. The van der Waals surface area contributed by atoms with Crippen LogP contribution in [0, 0.1) is 0 Å². The fourth-order valence-electron chi connectivity index (χ4n) is 14.4. The van der Waals surface area contributed by atoms with Crippen LogP contribution in [0.1, 0.15) is 103 Å². The standard InChI is InChI=1S/2C23H31NO4.3C22H29NO4/c2*1-5-23(25)28-21(16-24(2)3)17-27-22-9-7-6-8-19(22)13-10-18-11-14-20(26-4)15-12-18;3*1-17(24)27-21(15-23(2)3)16-26-22-8-6-5-7-19(22)12-9-18-10-13-20(25-4)14-11-18/h2*6-9,11-12,14-15,21H,5,10,13,16-17H2,1-4H3;3*5-8,10-11,13-14,21H,9,12,15-16H2,1-4H3/t21-;;2*21-;/m1.10./s1. The van der Waals surface area contributed by atoms with Gasteiger partial charge in [0, 0.05) is 66.3 Å². The molecule has 0 aliphatic carbocycles. The number of hydrogen-bond donors (Lipinski definition) is 0. The van der Waals surface area contributed by atoms with Crippen molar-refractivity contribution in [3.8, 4) is 57.5 Å². The molecular weight excluding hydrogens is 1740 g/mol. The molecule has 25 heteroatoms. The Bertz CT molecular complexity index is 4630. The molecule has 0 N–H and O–H groups in total. The van der Waals surface area contributed by atoms with Crippen molar-refractivity contribution in [3.63, 3.8) is 0 Å². The minimum Gasteiger partial charge on any atom is -0.497 e. The highest BCUT2D eigenvalue weighted by Crippen LogP contribution is 2.29. The number of nitrogens with zero attached hydrogens (tertiary/aromatic N) is 5. The summed E-state index contributed by atoms with van der Waals surface area (Å²) >= 11 is 0. The largest absolute Gasteiger partial charge is 0.497 e. The van der Waals surface area contributed by atoms with E-state index in [1.54, 1.807) is 49.4 Å². The fraction of sp³-hybridized carbons (Fsp3) is 0.420. The average molecular weight is 1890 g/mol. The summed E-state index contributed by atoms with van der Waals surface area (Å²) in [6.07, 6.45) is 8.15. The summed E-state index contributed by atoms with van der Waals surface area (Å²) < 4.78 is 83.2. The topological polar surface area (TPSA) is 240 Å². The number of methoxy groups -OCH3 is 5. The quantitative estimate of drug-likeness (QED) is 0.0254. The Hall–Kier alpha value is -12.7. The predicted molar refractivity (Wildman–Crippen MR) is 541 cm³/mol. The Morgan fingerprint density at radius 1 is 0.226 bits per heavy atom. The van der Waals surface area contributed by atoms with Gasteiger partial charge in [-0.3, -0.25) is 24.0 Å². The lowest BCUT2D eigenvalue weighted by molar-refractivity contribution is -0.151. The number of ether oxygens (including phenoxy) is 15. The van der Waals surface area contributed by atoms with Crippen LogP contribution in [-0.4, -0.2) is 257 Å². The summed E-state index contributed by atoms with van der Waals surface area (Å²) in [6.45, 7) is 12.6. The van der Waals surface area contributed by atoms with Crippen molar-refractivity contribution in [2.75, 3.05) is 172 Å². The SMILES string of the molecule is CCC(=O)OC(COc1ccccc1CCc1ccc(OC)cc1)CN(C)C.CCC(=O)O[C@@H](COc1ccccc1CCc1ccc(OC)cc1)CN(C)C.COc1ccc(CCc2ccccc2OCC(CN(C)C)OC(C)=O)cc1.COc1ccc(CCc2ccccc2OC[C@@H](CN(C)C)OC(C)=O)cc1.COc1ccc(CCc2ccccc2OC[C@H](CN(C)C)OC(C)=O)cc1. The highest BCUT2D eigenvalue weighted by Gasteiger charge is 2.23. The number of rotatable bonds is 52. The van der Waals surface area contributed by atoms with E-state index in [4.69, 9.17) is 71.1 Å². The maximum absolute atomic E-state index is 11.7. The number of carbonyl (C=O) groups excluding carboxylic acids is 5. The lowest BCUT2D eigenvalue weighted by Gasteiger charge is -2.22. The molecular formula is C112H149N5O20. The van der Waals surface area contributed by atoms with Gasteiger partial charge in [-0.25, -0.2) is 0 Å². The molecule has 0 aliphatic rings. The molecule has 137 heavy (non-hydrogen) atoms.